The zero-order chi connectivity index (χ0) is 22.1. The molecule has 2 aromatic heterocycles. The summed E-state index contributed by atoms with van der Waals surface area (Å²) >= 11 is 8.56. The minimum Gasteiger partial charge on any atom is -0.286 e. The molecule has 1 amide bonds. The molecule has 3 heterocycles. The molecule has 1 aliphatic rings. The third-order valence-electron chi connectivity index (χ3n) is 5.30. The minimum atomic E-state index is -0.126. The van der Waals surface area contributed by atoms with Gasteiger partial charge >= 0.3 is 0 Å². The average Bonchev–Trinajstić information content (AvgIpc) is 3.55. The second-order valence-corrected chi connectivity index (χ2v) is 9.95. The van der Waals surface area contributed by atoms with Crippen molar-refractivity contribution in [2.45, 2.75) is 13.0 Å². The highest BCUT2D eigenvalue weighted by Crippen LogP contribution is 2.39. The van der Waals surface area contributed by atoms with Gasteiger partial charge in [0.25, 0.3) is 5.91 Å². The lowest BCUT2D eigenvalue weighted by atomic mass is 10.1. The zero-order valence-corrected chi connectivity index (χ0v) is 19.7. The predicted molar refractivity (Wildman–Crippen MR) is 137 cm³/mol. The minimum absolute atomic E-state index is 0.0686. The number of amides is 1. The highest BCUT2D eigenvalue weighted by Gasteiger charge is 2.36. The number of carbonyl (C=O) groups is 1. The van der Waals surface area contributed by atoms with Crippen LogP contribution in [0.3, 0.4) is 0 Å². The van der Waals surface area contributed by atoms with Crippen LogP contribution < -0.4 is 0 Å². The van der Waals surface area contributed by atoms with Crippen LogP contribution in [0.5, 0.6) is 0 Å². The SMILES string of the molecule is CC(c1ccccc1)N1C(=O)C(=Cc2cn(-c3ccccc3)nc2-c2cccs2)SC1=S. The molecule has 1 fully saturated rings. The summed E-state index contributed by atoms with van der Waals surface area (Å²) in [4.78, 5) is 16.7. The molecule has 0 radical (unpaired) electrons. The van der Waals surface area contributed by atoms with E-state index in [1.54, 1.807) is 16.2 Å². The topological polar surface area (TPSA) is 38.1 Å². The molecule has 0 bridgehead atoms. The van der Waals surface area contributed by atoms with Crippen molar-refractivity contribution in [1.82, 2.24) is 14.7 Å². The number of carbonyl (C=O) groups excluding carboxylic acids is 1. The fraction of sp³-hybridized carbons (Fsp3) is 0.0800. The Kier molecular flexibility index (Phi) is 5.78. The molecular formula is C25H19N3OS3. The van der Waals surface area contributed by atoms with Crippen LogP contribution in [0.1, 0.15) is 24.1 Å². The Balaban J connectivity index is 1.53. The standard InChI is InChI=1S/C25H19N3OS3/c1-17(18-9-4-2-5-10-18)28-24(29)22(32-25(28)30)15-19-16-27(20-11-6-3-7-12-20)26-23(19)21-13-8-14-31-21/h2-17H,1H3. The van der Waals surface area contributed by atoms with Gasteiger partial charge in [0.15, 0.2) is 0 Å². The normalized spacial score (nSPS) is 16.2. The van der Waals surface area contributed by atoms with Gasteiger partial charge < -0.3 is 0 Å². The van der Waals surface area contributed by atoms with Crippen molar-refractivity contribution in [1.29, 1.82) is 0 Å². The van der Waals surface area contributed by atoms with E-state index < -0.39 is 0 Å². The maximum absolute atomic E-state index is 13.3. The summed E-state index contributed by atoms with van der Waals surface area (Å²) < 4.78 is 2.43. The van der Waals surface area contributed by atoms with Crippen LogP contribution in [-0.2, 0) is 4.79 Å². The van der Waals surface area contributed by atoms with E-state index >= 15 is 0 Å². The summed E-state index contributed by atoms with van der Waals surface area (Å²) in [6.07, 6.45) is 3.88. The predicted octanol–water partition coefficient (Wildman–Crippen LogP) is 6.56. The summed E-state index contributed by atoms with van der Waals surface area (Å²) in [6.45, 7) is 2.01. The van der Waals surface area contributed by atoms with E-state index in [1.807, 2.05) is 102 Å². The van der Waals surface area contributed by atoms with Gasteiger partial charge in [0, 0.05) is 11.8 Å². The fourth-order valence-electron chi connectivity index (χ4n) is 3.65. The number of thiocarbonyl (C=S) groups is 1. The molecule has 0 aliphatic carbocycles. The number of para-hydroxylation sites is 1. The van der Waals surface area contributed by atoms with Gasteiger partial charge in [0.05, 0.1) is 21.5 Å². The molecular weight excluding hydrogens is 454 g/mol. The number of aromatic nitrogens is 2. The van der Waals surface area contributed by atoms with Gasteiger partial charge in [-0.25, -0.2) is 4.68 Å². The first-order valence-corrected chi connectivity index (χ1v) is 12.2. The van der Waals surface area contributed by atoms with Gasteiger partial charge in [0.1, 0.15) is 10.0 Å². The molecule has 1 atom stereocenters. The molecule has 7 heteroatoms. The van der Waals surface area contributed by atoms with Crippen LogP contribution in [0.15, 0.2) is 89.3 Å². The number of benzene rings is 2. The lowest BCUT2D eigenvalue weighted by Crippen LogP contribution is -2.30. The molecule has 4 aromatic rings. The number of thioether (sulfide) groups is 1. The van der Waals surface area contributed by atoms with Crippen molar-refractivity contribution in [3.05, 3.63) is 100 Å². The summed E-state index contributed by atoms with van der Waals surface area (Å²) in [6, 6.07) is 23.9. The summed E-state index contributed by atoms with van der Waals surface area (Å²) in [5.41, 5.74) is 3.77. The van der Waals surface area contributed by atoms with Crippen molar-refractivity contribution < 1.29 is 4.79 Å². The lowest BCUT2D eigenvalue weighted by Gasteiger charge is -2.23. The Morgan fingerprint density at radius 3 is 2.41 bits per heavy atom. The number of nitrogens with zero attached hydrogens (tertiary/aromatic N) is 3. The molecule has 2 aromatic carbocycles. The van der Waals surface area contributed by atoms with Gasteiger partial charge in [-0.1, -0.05) is 78.6 Å². The van der Waals surface area contributed by atoms with E-state index in [-0.39, 0.29) is 11.9 Å². The molecule has 1 saturated heterocycles. The molecule has 4 nitrogen and oxygen atoms in total. The van der Waals surface area contributed by atoms with Crippen LogP contribution in [0, 0.1) is 0 Å². The average molecular weight is 474 g/mol. The number of rotatable bonds is 5. The van der Waals surface area contributed by atoms with Gasteiger partial charge in [0.2, 0.25) is 0 Å². The van der Waals surface area contributed by atoms with Crippen molar-refractivity contribution in [2.75, 3.05) is 0 Å². The molecule has 158 valence electrons. The molecule has 32 heavy (non-hydrogen) atoms. The van der Waals surface area contributed by atoms with E-state index in [2.05, 4.69) is 0 Å². The molecule has 0 N–H and O–H groups in total. The largest absolute Gasteiger partial charge is 0.286 e. The van der Waals surface area contributed by atoms with Crippen molar-refractivity contribution in [2.24, 2.45) is 0 Å². The van der Waals surface area contributed by atoms with Crippen LogP contribution in [0.4, 0.5) is 0 Å². The molecule has 1 unspecified atom stereocenters. The van der Waals surface area contributed by atoms with Gasteiger partial charge in [-0.2, -0.15) is 5.10 Å². The van der Waals surface area contributed by atoms with E-state index in [1.165, 1.54) is 11.8 Å². The van der Waals surface area contributed by atoms with Gasteiger partial charge in [-0.15, -0.1) is 11.3 Å². The fourth-order valence-corrected chi connectivity index (χ4v) is 5.79. The highest BCUT2D eigenvalue weighted by atomic mass is 32.2. The van der Waals surface area contributed by atoms with E-state index in [9.17, 15) is 4.79 Å². The summed E-state index contributed by atoms with van der Waals surface area (Å²) in [5.74, 6) is -0.0686. The second-order valence-electron chi connectivity index (χ2n) is 7.33. The maximum Gasteiger partial charge on any atom is 0.266 e. The Bertz CT molecular complexity index is 1290. The number of hydrogen-bond donors (Lipinski definition) is 0. The van der Waals surface area contributed by atoms with Crippen LogP contribution in [-0.4, -0.2) is 24.9 Å². The highest BCUT2D eigenvalue weighted by molar-refractivity contribution is 8.26. The summed E-state index contributed by atoms with van der Waals surface area (Å²) in [5, 5.41) is 6.86. The molecule has 0 spiro atoms. The van der Waals surface area contributed by atoms with Crippen LogP contribution >= 0.6 is 35.3 Å². The second kappa shape index (κ2) is 8.86. The first-order chi connectivity index (χ1) is 15.6. The maximum atomic E-state index is 13.3. The molecule has 0 saturated carbocycles. The van der Waals surface area contributed by atoms with Crippen molar-refractivity contribution in [3.8, 4) is 16.3 Å². The van der Waals surface area contributed by atoms with E-state index in [4.69, 9.17) is 17.3 Å². The Morgan fingerprint density at radius 1 is 1.00 bits per heavy atom. The van der Waals surface area contributed by atoms with Crippen molar-refractivity contribution >= 4 is 51.6 Å². The van der Waals surface area contributed by atoms with Gasteiger partial charge in [-0.05, 0) is 42.1 Å². The number of hydrogen-bond acceptors (Lipinski definition) is 5. The van der Waals surface area contributed by atoms with E-state index in [0.29, 0.717) is 9.23 Å². The van der Waals surface area contributed by atoms with Crippen LogP contribution in [0.2, 0.25) is 0 Å². The summed E-state index contributed by atoms with van der Waals surface area (Å²) in [7, 11) is 0. The monoisotopic (exact) mass is 473 g/mol. The quantitative estimate of drug-likeness (QED) is 0.243. The first-order valence-electron chi connectivity index (χ1n) is 10.1. The molecule has 5 rings (SSSR count). The van der Waals surface area contributed by atoms with Crippen LogP contribution in [0.25, 0.3) is 22.3 Å². The lowest BCUT2D eigenvalue weighted by molar-refractivity contribution is -0.123. The third kappa shape index (κ3) is 3.95. The molecule has 1 aliphatic heterocycles. The van der Waals surface area contributed by atoms with E-state index in [0.717, 1.165) is 27.4 Å². The first kappa shape index (κ1) is 20.9. The van der Waals surface area contributed by atoms with Crippen molar-refractivity contribution in [3.63, 3.8) is 0 Å². The van der Waals surface area contributed by atoms with Gasteiger partial charge in [-0.3, -0.25) is 9.69 Å². The Morgan fingerprint density at radius 2 is 1.72 bits per heavy atom. The number of thiophene rings is 1. The smallest absolute Gasteiger partial charge is 0.266 e. The zero-order valence-electron chi connectivity index (χ0n) is 17.2. The Hall–Kier alpha value is -3.00. The Labute approximate surface area is 200 Å². The third-order valence-corrected chi connectivity index (χ3v) is 7.50.